The van der Waals surface area contributed by atoms with Gasteiger partial charge in [-0.25, -0.2) is 0 Å². The van der Waals surface area contributed by atoms with Gasteiger partial charge in [0.25, 0.3) is 0 Å². The Labute approximate surface area is 110 Å². The normalized spacial score (nSPS) is 15.0. The summed E-state index contributed by atoms with van der Waals surface area (Å²) in [6.45, 7) is 4.27. The van der Waals surface area contributed by atoms with E-state index < -0.39 is 0 Å². The molecule has 0 aliphatic rings. The van der Waals surface area contributed by atoms with Crippen molar-refractivity contribution in [3.8, 4) is 0 Å². The van der Waals surface area contributed by atoms with Gasteiger partial charge in [-0.15, -0.1) is 11.6 Å². The minimum Gasteiger partial charge on any atom is -0.123 e. The second kappa shape index (κ2) is 6.12. The summed E-state index contributed by atoms with van der Waals surface area (Å²) in [6.07, 6.45) is 1.94. The zero-order chi connectivity index (χ0) is 11.4. The van der Waals surface area contributed by atoms with Gasteiger partial charge in [-0.05, 0) is 36.5 Å². The molecule has 0 aliphatic heterocycles. The molecule has 2 atom stereocenters. The lowest BCUT2D eigenvalue weighted by molar-refractivity contribution is 0.531. The predicted octanol–water partition coefficient (Wildman–Crippen LogP) is 5.30. The molecule has 0 aliphatic carbocycles. The predicted molar refractivity (Wildman–Crippen MR) is 72.0 cm³/mol. The number of hydrogen-bond donors (Lipinski definition) is 0. The molecule has 0 aromatic heterocycles. The zero-order valence-electron chi connectivity index (χ0n) is 8.93. The van der Waals surface area contributed by atoms with Crippen LogP contribution in [-0.2, 0) is 6.42 Å². The monoisotopic (exact) mass is 308 g/mol. The van der Waals surface area contributed by atoms with Gasteiger partial charge in [0.1, 0.15) is 0 Å². The molecule has 1 aromatic rings. The second-order valence-electron chi connectivity index (χ2n) is 3.84. The summed E-state index contributed by atoms with van der Waals surface area (Å²) in [5, 5.41) is 1.04. The van der Waals surface area contributed by atoms with E-state index in [1.807, 2.05) is 12.1 Å². The van der Waals surface area contributed by atoms with Crippen LogP contribution in [0.2, 0.25) is 5.02 Å². The van der Waals surface area contributed by atoms with Crippen molar-refractivity contribution in [1.82, 2.24) is 0 Å². The van der Waals surface area contributed by atoms with E-state index in [-0.39, 0.29) is 5.38 Å². The fourth-order valence-corrected chi connectivity index (χ4v) is 2.40. The van der Waals surface area contributed by atoms with Gasteiger partial charge in [0.2, 0.25) is 0 Å². The Morgan fingerprint density at radius 1 is 1.40 bits per heavy atom. The highest BCUT2D eigenvalue weighted by molar-refractivity contribution is 9.10. The average molecular weight is 310 g/mol. The minimum atomic E-state index is 0.227. The topological polar surface area (TPSA) is 0 Å². The molecule has 1 rings (SSSR count). The zero-order valence-corrected chi connectivity index (χ0v) is 12.0. The van der Waals surface area contributed by atoms with Crippen LogP contribution in [0.4, 0.5) is 0 Å². The van der Waals surface area contributed by atoms with Crippen molar-refractivity contribution in [3.05, 3.63) is 33.3 Å². The van der Waals surface area contributed by atoms with E-state index in [4.69, 9.17) is 23.2 Å². The van der Waals surface area contributed by atoms with Crippen molar-refractivity contribution >= 4 is 39.1 Å². The van der Waals surface area contributed by atoms with Gasteiger partial charge in [0.05, 0.1) is 0 Å². The number of rotatable bonds is 4. The molecule has 15 heavy (non-hydrogen) atoms. The molecule has 0 heterocycles. The van der Waals surface area contributed by atoms with Crippen molar-refractivity contribution in [2.24, 2.45) is 5.92 Å². The van der Waals surface area contributed by atoms with Crippen LogP contribution >= 0.6 is 39.1 Å². The Morgan fingerprint density at radius 2 is 2.07 bits per heavy atom. The van der Waals surface area contributed by atoms with Crippen LogP contribution in [-0.4, -0.2) is 5.38 Å². The van der Waals surface area contributed by atoms with E-state index in [0.29, 0.717) is 5.92 Å². The third-order valence-electron chi connectivity index (χ3n) is 2.56. The Hall–Kier alpha value is 0.280. The summed E-state index contributed by atoms with van der Waals surface area (Å²) in [5.41, 5.74) is 1.17. The standard InChI is InChI=1S/C12H15BrCl2/c1-3-11(14)8(2)6-9-4-5-10(13)7-12(9)15/h4-5,7-8,11H,3,6H2,1-2H3. The largest absolute Gasteiger partial charge is 0.123 e. The number of hydrogen-bond acceptors (Lipinski definition) is 0. The van der Waals surface area contributed by atoms with E-state index in [1.165, 1.54) is 5.56 Å². The third kappa shape index (κ3) is 3.97. The van der Waals surface area contributed by atoms with Crippen LogP contribution in [0.25, 0.3) is 0 Å². The SMILES string of the molecule is CCC(Cl)C(C)Cc1ccc(Br)cc1Cl. The van der Waals surface area contributed by atoms with E-state index in [0.717, 1.165) is 22.3 Å². The molecule has 2 unspecified atom stereocenters. The fraction of sp³-hybridized carbons (Fsp3) is 0.500. The maximum absolute atomic E-state index is 6.20. The Bertz CT molecular complexity index is 325. The summed E-state index contributed by atoms with van der Waals surface area (Å²) >= 11 is 15.7. The Kier molecular flexibility index (Phi) is 5.45. The molecule has 0 fully saturated rings. The first kappa shape index (κ1) is 13.3. The first-order valence-electron chi connectivity index (χ1n) is 5.12. The molecule has 0 saturated carbocycles. The van der Waals surface area contributed by atoms with Gasteiger partial charge in [0.15, 0.2) is 0 Å². The van der Waals surface area contributed by atoms with Crippen LogP contribution in [0.1, 0.15) is 25.8 Å². The maximum atomic E-state index is 6.20. The molecule has 0 saturated heterocycles. The summed E-state index contributed by atoms with van der Waals surface area (Å²) in [5.74, 6) is 0.454. The molecule has 0 amide bonds. The van der Waals surface area contributed by atoms with Gasteiger partial charge in [-0.1, -0.05) is 47.4 Å². The molecule has 0 nitrogen and oxygen atoms in total. The van der Waals surface area contributed by atoms with Gasteiger partial charge in [-0.3, -0.25) is 0 Å². The summed E-state index contributed by atoms with van der Waals surface area (Å²) in [4.78, 5) is 0. The molecule has 0 bridgehead atoms. The lowest BCUT2D eigenvalue weighted by Crippen LogP contribution is -2.13. The first-order valence-corrected chi connectivity index (χ1v) is 6.73. The van der Waals surface area contributed by atoms with Crippen molar-refractivity contribution in [2.45, 2.75) is 32.1 Å². The maximum Gasteiger partial charge on any atom is 0.0449 e. The Morgan fingerprint density at radius 3 is 2.60 bits per heavy atom. The van der Waals surface area contributed by atoms with Crippen molar-refractivity contribution in [2.75, 3.05) is 0 Å². The number of halogens is 3. The third-order valence-corrected chi connectivity index (χ3v) is 4.15. The van der Waals surface area contributed by atoms with E-state index >= 15 is 0 Å². The minimum absolute atomic E-state index is 0.227. The quantitative estimate of drug-likeness (QED) is 0.662. The molecule has 0 radical (unpaired) electrons. The summed E-state index contributed by atoms with van der Waals surface area (Å²) in [6, 6.07) is 6.00. The van der Waals surface area contributed by atoms with Crippen LogP contribution < -0.4 is 0 Å². The molecule has 3 heteroatoms. The van der Waals surface area contributed by atoms with Gasteiger partial charge in [0, 0.05) is 14.9 Å². The Balaban J connectivity index is 2.72. The highest BCUT2D eigenvalue weighted by Gasteiger charge is 2.14. The number of alkyl halides is 1. The lowest BCUT2D eigenvalue weighted by Gasteiger charge is -2.17. The summed E-state index contributed by atoms with van der Waals surface area (Å²) < 4.78 is 1.02. The van der Waals surface area contributed by atoms with Crippen LogP contribution in [0, 0.1) is 5.92 Å². The van der Waals surface area contributed by atoms with Crippen LogP contribution in [0.5, 0.6) is 0 Å². The van der Waals surface area contributed by atoms with Gasteiger partial charge in [-0.2, -0.15) is 0 Å². The van der Waals surface area contributed by atoms with Gasteiger partial charge < -0.3 is 0 Å². The van der Waals surface area contributed by atoms with Crippen molar-refractivity contribution < 1.29 is 0 Å². The van der Waals surface area contributed by atoms with Crippen LogP contribution in [0.3, 0.4) is 0 Å². The van der Waals surface area contributed by atoms with E-state index in [1.54, 1.807) is 0 Å². The average Bonchev–Trinajstić information content (AvgIpc) is 2.20. The van der Waals surface area contributed by atoms with Crippen LogP contribution in [0.15, 0.2) is 22.7 Å². The fourth-order valence-electron chi connectivity index (χ4n) is 1.56. The van der Waals surface area contributed by atoms with E-state index in [9.17, 15) is 0 Å². The van der Waals surface area contributed by atoms with Crippen molar-refractivity contribution in [3.63, 3.8) is 0 Å². The molecular weight excluding hydrogens is 295 g/mol. The molecule has 0 spiro atoms. The highest BCUT2D eigenvalue weighted by atomic mass is 79.9. The highest BCUT2D eigenvalue weighted by Crippen LogP contribution is 2.26. The van der Waals surface area contributed by atoms with Crippen molar-refractivity contribution in [1.29, 1.82) is 0 Å². The molecule has 1 aromatic carbocycles. The lowest BCUT2D eigenvalue weighted by atomic mass is 9.96. The van der Waals surface area contributed by atoms with Gasteiger partial charge >= 0.3 is 0 Å². The number of benzene rings is 1. The summed E-state index contributed by atoms with van der Waals surface area (Å²) in [7, 11) is 0. The smallest absolute Gasteiger partial charge is 0.0449 e. The first-order chi connectivity index (χ1) is 7.04. The molecule has 84 valence electrons. The van der Waals surface area contributed by atoms with E-state index in [2.05, 4.69) is 35.8 Å². The molecule has 0 N–H and O–H groups in total. The second-order valence-corrected chi connectivity index (χ2v) is 5.72. The molecular formula is C12H15BrCl2.